The minimum atomic E-state index is -0.820. The van der Waals surface area contributed by atoms with Crippen molar-refractivity contribution in [3.05, 3.63) is 77.7 Å². The number of hydrogen-bond acceptors (Lipinski definition) is 4. The van der Waals surface area contributed by atoms with Crippen molar-refractivity contribution in [2.75, 3.05) is 5.32 Å². The summed E-state index contributed by atoms with van der Waals surface area (Å²) in [7, 11) is 0. The molecule has 0 radical (unpaired) electrons. The van der Waals surface area contributed by atoms with Gasteiger partial charge >= 0.3 is 0 Å². The molecule has 0 bridgehead atoms. The van der Waals surface area contributed by atoms with Crippen LogP contribution in [0.4, 0.5) is 10.2 Å². The number of nitrogens with one attached hydrogen (secondary N) is 1. The van der Waals surface area contributed by atoms with Crippen LogP contribution < -0.4 is 5.32 Å². The van der Waals surface area contributed by atoms with Crippen molar-refractivity contribution in [2.24, 2.45) is 5.16 Å². The van der Waals surface area contributed by atoms with Gasteiger partial charge in [-0.05, 0) is 25.1 Å². The topological polar surface area (TPSA) is 68.5 Å². The van der Waals surface area contributed by atoms with E-state index in [0.717, 1.165) is 11.4 Å². The van der Waals surface area contributed by atoms with Crippen molar-refractivity contribution in [3.8, 4) is 5.69 Å². The Morgan fingerprint density at radius 1 is 1.19 bits per heavy atom. The standard InChI is InChI=1S/C20H17FN4O2/c1-13-11-19(25(23-13)14-7-3-2-4-8-14)22-20(26)18-12-17(24-27-18)15-9-5-6-10-16(15)21/h2-11,18H,12H2,1H3,(H,22,26)/t18-/m0/s1. The Labute approximate surface area is 155 Å². The molecular formula is C20H17FN4O2. The highest BCUT2D eigenvalue weighted by Crippen LogP contribution is 2.22. The normalized spacial score (nSPS) is 15.9. The first-order valence-corrected chi connectivity index (χ1v) is 8.52. The molecule has 0 spiro atoms. The molecule has 27 heavy (non-hydrogen) atoms. The smallest absolute Gasteiger partial charge is 0.269 e. The second-order valence-corrected chi connectivity index (χ2v) is 6.22. The average Bonchev–Trinajstić information content (AvgIpc) is 3.30. The van der Waals surface area contributed by atoms with Gasteiger partial charge in [-0.1, -0.05) is 41.6 Å². The molecule has 0 saturated carbocycles. The summed E-state index contributed by atoms with van der Waals surface area (Å²) in [4.78, 5) is 17.9. The first-order chi connectivity index (χ1) is 13.1. The van der Waals surface area contributed by atoms with Gasteiger partial charge in [0, 0.05) is 18.1 Å². The number of aromatic nitrogens is 2. The third kappa shape index (κ3) is 3.44. The number of carbonyl (C=O) groups is 1. The lowest BCUT2D eigenvalue weighted by Crippen LogP contribution is -2.29. The van der Waals surface area contributed by atoms with E-state index >= 15 is 0 Å². The molecule has 0 unspecified atom stereocenters. The molecule has 1 N–H and O–H groups in total. The van der Waals surface area contributed by atoms with Crippen LogP contribution in [-0.2, 0) is 9.63 Å². The molecule has 6 nitrogen and oxygen atoms in total. The van der Waals surface area contributed by atoms with E-state index in [2.05, 4.69) is 15.6 Å². The maximum atomic E-state index is 13.9. The summed E-state index contributed by atoms with van der Waals surface area (Å²) >= 11 is 0. The molecule has 1 aromatic heterocycles. The molecule has 3 aromatic rings. The maximum absolute atomic E-state index is 13.9. The molecule has 7 heteroatoms. The third-order valence-corrected chi connectivity index (χ3v) is 4.23. The van der Waals surface area contributed by atoms with Gasteiger partial charge in [0.1, 0.15) is 11.6 Å². The number of benzene rings is 2. The number of amides is 1. The molecule has 0 saturated heterocycles. The van der Waals surface area contributed by atoms with Crippen molar-refractivity contribution in [3.63, 3.8) is 0 Å². The number of halogens is 1. The summed E-state index contributed by atoms with van der Waals surface area (Å²) in [6.45, 7) is 1.85. The van der Waals surface area contributed by atoms with Crippen molar-refractivity contribution in [2.45, 2.75) is 19.4 Å². The number of oxime groups is 1. The van der Waals surface area contributed by atoms with E-state index in [1.165, 1.54) is 6.07 Å². The van der Waals surface area contributed by atoms with E-state index < -0.39 is 11.9 Å². The van der Waals surface area contributed by atoms with Crippen molar-refractivity contribution in [1.29, 1.82) is 0 Å². The Kier molecular flexibility index (Phi) is 4.42. The van der Waals surface area contributed by atoms with E-state index in [1.54, 1.807) is 28.9 Å². The highest BCUT2D eigenvalue weighted by atomic mass is 19.1. The third-order valence-electron chi connectivity index (χ3n) is 4.23. The van der Waals surface area contributed by atoms with Gasteiger partial charge in [0.05, 0.1) is 17.1 Å². The van der Waals surface area contributed by atoms with E-state index in [4.69, 9.17) is 4.84 Å². The quantitative estimate of drug-likeness (QED) is 0.771. The number of anilines is 1. The Hall–Kier alpha value is -3.48. The predicted molar refractivity (Wildman–Crippen MR) is 99.4 cm³/mol. The zero-order valence-electron chi connectivity index (χ0n) is 14.6. The molecule has 2 aromatic carbocycles. The Balaban J connectivity index is 1.49. The summed E-state index contributed by atoms with van der Waals surface area (Å²) in [5.41, 5.74) is 2.36. The second-order valence-electron chi connectivity index (χ2n) is 6.22. The lowest BCUT2D eigenvalue weighted by molar-refractivity contribution is -0.125. The van der Waals surface area contributed by atoms with Gasteiger partial charge in [-0.3, -0.25) is 4.79 Å². The van der Waals surface area contributed by atoms with Crippen LogP contribution in [0.3, 0.4) is 0 Å². The van der Waals surface area contributed by atoms with Crippen LogP contribution in [0.2, 0.25) is 0 Å². The fourth-order valence-corrected chi connectivity index (χ4v) is 2.93. The SMILES string of the molecule is Cc1cc(NC(=O)[C@@H]2CC(c3ccccc3F)=NO2)n(-c2ccccc2)n1. The molecule has 0 fully saturated rings. The molecule has 1 amide bonds. The second kappa shape index (κ2) is 7.03. The number of nitrogens with zero attached hydrogens (tertiary/aromatic N) is 3. The lowest BCUT2D eigenvalue weighted by atomic mass is 10.0. The summed E-state index contributed by atoms with van der Waals surface area (Å²) in [6.07, 6.45) is -0.621. The first-order valence-electron chi connectivity index (χ1n) is 8.52. The number of hydrogen-bond donors (Lipinski definition) is 1. The van der Waals surface area contributed by atoms with Crippen LogP contribution in [0.25, 0.3) is 5.69 Å². The predicted octanol–water partition coefficient (Wildman–Crippen LogP) is 3.45. The van der Waals surface area contributed by atoms with E-state index in [1.807, 2.05) is 37.3 Å². The Bertz CT molecular complexity index is 1010. The number of aryl methyl sites for hydroxylation is 1. The van der Waals surface area contributed by atoms with Gasteiger partial charge in [-0.2, -0.15) is 5.10 Å². The van der Waals surface area contributed by atoms with Gasteiger partial charge in [-0.25, -0.2) is 9.07 Å². The lowest BCUT2D eigenvalue weighted by Gasteiger charge is -2.11. The highest BCUT2D eigenvalue weighted by molar-refractivity contribution is 6.06. The molecule has 136 valence electrons. The van der Waals surface area contributed by atoms with E-state index in [-0.39, 0.29) is 12.3 Å². The van der Waals surface area contributed by atoms with Crippen molar-refractivity contribution >= 4 is 17.4 Å². The van der Waals surface area contributed by atoms with Gasteiger partial charge in [0.15, 0.2) is 0 Å². The van der Waals surface area contributed by atoms with Crippen LogP contribution in [0.15, 0.2) is 65.8 Å². The zero-order chi connectivity index (χ0) is 18.8. The molecule has 0 aliphatic carbocycles. The maximum Gasteiger partial charge on any atom is 0.269 e. The number of carbonyl (C=O) groups excluding carboxylic acids is 1. The van der Waals surface area contributed by atoms with Gasteiger partial charge < -0.3 is 10.2 Å². The zero-order valence-corrected chi connectivity index (χ0v) is 14.6. The molecule has 1 aliphatic rings. The van der Waals surface area contributed by atoms with Crippen LogP contribution in [0, 0.1) is 12.7 Å². The number of rotatable bonds is 4. The first kappa shape index (κ1) is 17.0. The fraction of sp³-hybridized carbons (Fsp3) is 0.150. The van der Waals surface area contributed by atoms with Crippen LogP contribution in [0.1, 0.15) is 17.7 Å². The Morgan fingerprint density at radius 3 is 2.70 bits per heavy atom. The molecule has 4 rings (SSSR count). The number of para-hydroxylation sites is 1. The molecule has 1 aliphatic heterocycles. The van der Waals surface area contributed by atoms with Gasteiger partial charge in [-0.15, -0.1) is 0 Å². The van der Waals surface area contributed by atoms with Crippen molar-refractivity contribution in [1.82, 2.24) is 9.78 Å². The summed E-state index contributed by atoms with van der Waals surface area (Å²) in [5.74, 6) is -0.215. The summed E-state index contributed by atoms with van der Waals surface area (Å²) in [5, 5.41) is 11.1. The molecule has 1 atom stereocenters. The van der Waals surface area contributed by atoms with Gasteiger partial charge in [0.2, 0.25) is 6.10 Å². The highest BCUT2D eigenvalue weighted by Gasteiger charge is 2.30. The summed E-state index contributed by atoms with van der Waals surface area (Å²) < 4.78 is 15.6. The molecular weight excluding hydrogens is 347 g/mol. The Morgan fingerprint density at radius 2 is 1.93 bits per heavy atom. The largest absolute Gasteiger partial charge is 0.382 e. The van der Waals surface area contributed by atoms with Crippen molar-refractivity contribution < 1.29 is 14.0 Å². The van der Waals surface area contributed by atoms with Gasteiger partial charge in [0.25, 0.3) is 5.91 Å². The van der Waals surface area contributed by atoms with E-state index in [0.29, 0.717) is 17.1 Å². The van der Waals surface area contributed by atoms with Crippen LogP contribution in [-0.4, -0.2) is 27.5 Å². The van der Waals surface area contributed by atoms with E-state index in [9.17, 15) is 9.18 Å². The minimum absolute atomic E-state index is 0.200. The van der Waals surface area contributed by atoms with Crippen LogP contribution in [0.5, 0.6) is 0 Å². The molecule has 2 heterocycles. The van der Waals surface area contributed by atoms with Crippen LogP contribution >= 0.6 is 0 Å². The monoisotopic (exact) mass is 364 g/mol. The fourth-order valence-electron chi connectivity index (χ4n) is 2.93. The average molecular weight is 364 g/mol. The summed E-state index contributed by atoms with van der Waals surface area (Å²) in [6, 6.07) is 17.6. The minimum Gasteiger partial charge on any atom is -0.382 e.